The monoisotopic (exact) mass is 350 g/mol. The lowest BCUT2D eigenvalue weighted by atomic mass is 10.1. The number of pyridine rings is 2. The average Bonchev–Trinajstić information content (AvgIpc) is 3.43. The number of hydrogen-bond donors (Lipinski definition) is 0. The maximum Gasteiger partial charge on any atom is 0.325 e. The molecule has 26 heavy (non-hydrogen) atoms. The number of carbonyl (C=O) groups is 2. The zero-order valence-electron chi connectivity index (χ0n) is 14.7. The lowest BCUT2D eigenvalue weighted by Gasteiger charge is -2.18. The standard InChI is InChI=1S/C20H22N4O2/c25-18(7-6-17-3-1-2-9-21-17)16-8-10-22-19(13-16)24-12-11-23(20(24)26)14-15-4-5-15/h1-3,8-10,13,15H,4-7,11-12,14H2. The Bertz CT molecular complexity index is 804. The van der Waals surface area contributed by atoms with Gasteiger partial charge >= 0.3 is 6.03 Å². The molecule has 2 aromatic heterocycles. The van der Waals surface area contributed by atoms with Crippen LogP contribution in [0.4, 0.5) is 10.6 Å². The Labute approximate surface area is 152 Å². The highest BCUT2D eigenvalue weighted by Crippen LogP contribution is 2.31. The highest BCUT2D eigenvalue weighted by molar-refractivity contribution is 5.98. The number of nitrogens with zero attached hydrogens (tertiary/aromatic N) is 4. The van der Waals surface area contributed by atoms with Crippen LogP contribution in [0.1, 0.15) is 35.3 Å². The van der Waals surface area contributed by atoms with Gasteiger partial charge in [-0.2, -0.15) is 0 Å². The largest absolute Gasteiger partial charge is 0.325 e. The molecule has 6 heteroatoms. The molecule has 2 amide bonds. The molecule has 4 rings (SSSR count). The van der Waals surface area contributed by atoms with Crippen molar-refractivity contribution in [3.05, 3.63) is 54.0 Å². The molecule has 0 unspecified atom stereocenters. The fraction of sp³-hybridized carbons (Fsp3) is 0.400. The fourth-order valence-corrected chi connectivity index (χ4v) is 3.25. The van der Waals surface area contributed by atoms with Gasteiger partial charge < -0.3 is 4.90 Å². The van der Waals surface area contributed by atoms with Gasteiger partial charge in [-0.3, -0.25) is 14.7 Å². The molecule has 0 N–H and O–H groups in total. The van der Waals surface area contributed by atoms with E-state index in [0.29, 0.717) is 36.7 Å². The van der Waals surface area contributed by atoms with Gasteiger partial charge in [0.1, 0.15) is 5.82 Å². The first-order chi connectivity index (χ1) is 12.7. The van der Waals surface area contributed by atoms with E-state index in [2.05, 4.69) is 9.97 Å². The van der Waals surface area contributed by atoms with E-state index in [1.54, 1.807) is 29.4 Å². The zero-order chi connectivity index (χ0) is 17.9. The van der Waals surface area contributed by atoms with E-state index in [4.69, 9.17) is 0 Å². The molecule has 0 radical (unpaired) electrons. The highest BCUT2D eigenvalue weighted by Gasteiger charge is 2.34. The van der Waals surface area contributed by atoms with Gasteiger partial charge in [0.05, 0.1) is 0 Å². The van der Waals surface area contributed by atoms with Gasteiger partial charge in [-0.05, 0) is 49.4 Å². The van der Waals surface area contributed by atoms with E-state index in [9.17, 15) is 9.59 Å². The second-order valence-electron chi connectivity index (χ2n) is 6.97. The first-order valence-electron chi connectivity index (χ1n) is 9.16. The van der Waals surface area contributed by atoms with Crippen molar-refractivity contribution in [1.29, 1.82) is 0 Å². The molecule has 2 aliphatic rings. The number of urea groups is 1. The Morgan fingerprint density at radius 3 is 2.77 bits per heavy atom. The summed E-state index contributed by atoms with van der Waals surface area (Å²) in [7, 11) is 0. The third-order valence-corrected chi connectivity index (χ3v) is 4.95. The normalized spacial score (nSPS) is 17.0. The van der Waals surface area contributed by atoms with Gasteiger partial charge in [-0.25, -0.2) is 9.78 Å². The molecule has 1 saturated carbocycles. The van der Waals surface area contributed by atoms with Crippen molar-refractivity contribution in [2.75, 3.05) is 24.5 Å². The van der Waals surface area contributed by atoms with Crippen molar-refractivity contribution >= 4 is 17.6 Å². The lowest BCUT2D eigenvalue weighted by Crippen LogP contribution is -2.33. The minimum absolute atomic E-state index is 0.00230. The zero-order valence-corrected chi connectivity index (χ0v) is 14.7. The molecule has 0 bridgehead atoms. The highest BCUT2D eigenvalue weighted by atomic mass is 16.2. The average molecular weight is 350 g/mol. The molecule has 0 aromatic carbocycles. The van der Waals surface area contributed by atoms with Crippen molar-refractivity contribution in [3.63, 3.8) is 0 Å². The van der Waals surface area contributed by atoms with Crippen molar-refractivity contribution in [2.45, 2.75) is 25.7 Å². The third kappa shape index (κ3) is 3.74. The summed E-state index contributed by atoms with van der Waals surface area (Å²) >= 11 is 0. The minimum atomic E-state index is 0.00230. The van der Waals surface area contributed by atoms with E-state index >= 15 is 0 Å². The number of carbonyl (C=O) groups excluding carboxylic acids is 2. The lowest BCUT2D eigenvalue weighted by molar-refractivity contribution is 0.0982. The summed E-state index contributed by atoms with van der Waals surface area (Å²) in [5, 5.41) is 0. The van der Waals surface area contributed by atoms with Gasteiger partial charge in [-0.15, -0.1) is 0 Å². The fourth-order valence-electron chi connectivity index (χ4n) is 3.25. The topological polar surface area (TPSA) is 66.4 Å². The summed E-state index contributed by atoms with van der Waals surface area (Å²) in [5.74, 6) is 1.28. The number of rotatable bonds is 7. The van der Waals surface area contributed by atoms with Crippen LogP contribution in [0.15, 0.2) is 42.7 Å². The van der Waals surface area contributed by atoms with Crippen LogP contribution in [0.3, 0.4) is 0 Å². The Morgan fingerprint density at radius 2 is 2.00 bits per heavy atom. The van der Waals surface area contributed by atoms with E-state index in [1.165, 1.54) is 12.8 Å². The molecular formula is C20H22N4O2. The van der Waals surface area contributed by atoms with Gasteiger partial charge in [0, 0.05) is 49.7 Å². The van der Waals surface area contributed by atoms with E-state index in [-0.39, 0.29) is 11.8 Å². The molecule has 0 atom stereocenters. The van der Waals surface area contributed by atoms with Gasteiger partial charge in [0.25, 0.3) is 0 Å². The summed E-state index contributed by atoms with van der Waals surface area (Å²) in [6.07, 6.45) is 6.79. The van der Waals surface area contributed by atoms with Crippen LogP contribution in [-0.4, -0.2) is 46.3 Å². The van der Waals surface area contributed by atoms with Gasteiger partial charge in [0.15, 0.2) is 5.78 Å². The summed E-state index contributed by atoms with van der Waals surface area (Å²) < 4.78 is 0. The van der Waals surface area contributed by atoms with Crippen LogP contribution < -0.4 is 4.90 Å². The first kappa shape index (κ1) is 16.7. The number of anilines is 1. The first-order valence-corrected chi connectivity index (χ1v) is 9.16. The Kier molecular flexibility index (Phi) is 4.65. The smallest absolute Gasteiger partial charge is 0.322 e. The summed E-state index contributed by atoms with van der Waals surface area (Å²) in [4.78, 5) is 37.2. The van der Waals surface area contributed by atoms with Crippen molar-refractivity contribution in [3.8, 4) is 0 Å². The Balaban J connectivity index is 1.41. The maximum absolute atomic E-state index is 12.6. The van der Waals surface area contributed by atoms with Crippen molar-refractivity contribution in [2.24, 2.45) is 5.92 Å². The van der Waals surface area contributed by atoms with E-state index in [1.807, 2.05) is 23.1 Å². The molecule has 1 saturated heterocycles. The molecular weight excluding hydrogens is 328 g/mol. The van der Waals surface area contributed by atoms with Crippen LogP contribution in [0.2, 0.25) is 0 Å². The number of aryl methyl sites for hydroxylation is 1. The van der Waals surface area contributed by atoms with Gasteiger partial charge in [-0.1, -0.05) is 6.07 Å². The van der Waals surface area contributed by atoms with Crippen molar-refractivity contribution in [1.82, 2.24) is 14.9 Å². The summed E-state index contributed by atoms with van der Waals surface area (Å²) in [6.45, 7) is 2.21. The number of amides is 2. The molecule has 134 valence electrons. The van der Waals surface area contributed by atoms with Crippen molar-refractivity contribution < 1.29 is 9.59 Å². The molecule has 1 aliphatic carbocycles. The SMILES string of the molecule is O=C(CCc1ccccn1)c1ccnc(N2CCN(CC3CC3)C2=O)c1. The summed E-state index contributed by atoms with van der Waals surface area (Å²) in [5.41, 5.74) is 1.50. The molecule has 2 aromatic rings. The van der Waals surface area contributed by atoms with Crippen LogP contribution >= 0.6 is 0 Å². The number of Topliss-reactive ketones (excluding diaryl/α,β-unsaturated/α-hetero) is 1. The van der Waals surface area contributed by atoms with Crippen LogP contribution in [0, 0.1) is 5.92 Å². The Morgan fingerprint density at radius 1 is 1.12 bits per heavy atom. The second kappa shape index (κ2) is 7.23. The van der Waals surface area contributed by atoms with Crippen LogP contribution in [-0.2, 0) is 6.42 Å². The molecule has 3 heterocycles. The molecule has 6 nitrogen and oxygen atoms in total. The van der Waals surface area contributed by atoms with E-state index in [0.717, 1.165) is 18.8 Å². The maximum atomic E-state index is 12.6. The molecule has 1 aliphatic heterocycles. The van der Waals surface area contributed by atoms with E-state index < -0.39 is 0 Å². The third-order valence-electron chi connectivity index (χ3n) is 4.95. The van der Waals surface area contributed by atoms with Gasteiger partial charge in [0.2, 0.25) is 0 Å². The number of hydrogen-bond acceptors (Lipinski definition) is 4. The predicted octanol–water partition coefficient (Wildman–Crippen LogP) is 2.94. The predicted molar refractivity (Wildman–Crippen MR) is 98.2 cm³/mol. The Hall–Kier alpha value is -2.76. The van der Waals surface area contributed by atoms with Crippen LogP contribution in [0.25, 0.3) is 0 Å². The summed E-state index contributed by atoms with van der Waals surface area (Å²) in [6, 6.07) is 9.15. The molecule has 0 spiro atoms. The quantitative estimate of drug-likeness (QED) is 0.720. The van der Waals surface area contributed by atoms with Crippen LogP contribution in [0.5, 0.6) is 0 Å². The molecule has 2 fully saturated rings. The minimum Gasteiger partial charge on any atom is -0.322 e. The number of aromatic nitrogens is 2. The number of ketones is 1. The second-order valence-corrected chi connectivity index (χ2v) is 6.97.